The van der Waals surface area contributed by atoms with Crippen LogP contribution < -0.4 is 5.32 Å². The van der Waals surface area contributed by atoms with Gasteiger partial charge in [-0.2, -0.15) is 0 Å². The van der Waals surface area contributed by atoms with Crippen LogP contribution in [0.2, 0.25) is 0 Å². The molecule has 0 bridgehead atoms. The first-order valence-corrected chi connectivity index (χ1v) is 8.39. The van der Waals surface area contributed by atoms with Gasteiger partial charge in [-0.15, -0.1) is 0 Å². The number of benzene rings is 2. The summed E-state index contributed by atoms with van der Waals surface area (Å²) in [5, 5.41) is 13.4. The average Bonchev–Trinajstić information content (AvgIpc) is 2.67. The van der Waals surface area contributed by atoms with Crippen molar-refractivity contribution in [2.24, 2.45) is 0 Å². The Morgan fingerprint density at radius 2 is 1.83 bits per heavy atom. The van der Waals surface area contributed by atoms with E-state index in [0.717, 1.165) is 4.90 Å². The van der Waals surface area contributed by atoms with Crippen LogP contribution in [-0.2, 0) is 14.3 Å². The van der Waals surface area contributed by atoms with Crippen LogP contribution in [0.1, 0.15) is 15.9 Å². The molecule has 2 amide bonds. The van der Waals surface area contributed by atoms with Crippen LogP contribution in [-0.4, -0.2) is 47.8 Å². The largest absolute Gasteiger partial charge is 0.452 e. The molecule has 29 heavy (non-hydrogen) atoms. The Bertz CT molecular complexity index is 945. The molecule has 10 heteroatoms. The lowest BCUT2D eigenvalue weighted by atomic mass is 10.1. The van der Waals surface area contributed by atoms with E-state index < -0.39 is 35.1 Å². The number of nitro groups is 1. The quantitative estimate of drug-likeness (QED) is 0.430. The van der Waals surface area contributed by atoms with Crippen LogP contribution in [0.25, 0.3) is 0 Å². The van der Waals surface area contributed by atoms with Crippen LogP contribution >= 0.6 is 0 Å². The summed E-state index contributed by atoms with van der Waals surface area (Å²) < 4.78 is 17.8. The first-order valence-electron chi connectivity index (χ1n) is 8.39. The molecule has 0 saturated carbocycles. The van der Waals surface area contributed by atoms with Gasteiger partial charge in [-0.25, -0.2) is 9.18 Å². The van der Waals surface area contributed by atoms with E-state index in [2.05, 4.69) is 5.32 Å². The lowest BCUT2D eigenvalue weighted by molar-refractivity contribution is -0.385. The number of nitrogens with one attached hydrogen (secondary N) is 1. The molecule has 2 rings (SSSR count). The number of amides is 2. The van der Waals surface area contributed by atoms with Crippen molar-refractivity contribution >= 4 is 29.2 Å². The van der Waals surface area contributed by atoms with Gasteiger partial charge in [-0.05, 0) is 37.3 Å². The van der Waals surface area contributed by atoms with Gasteiger partial charge in [0.2, 0.25) is 5.91 Å². The minimum atomic E-state index is -0.885. The van der Waals surface area contributed by atoms with Gasteiger partial charge in [0.1, 0.15) is 5.82 Å². The van der Waals surface area contributed by atoms with E-state index in [1.165, 1.54) is 56.4 Å². The van der Waals surface area contributed by atoms with Crippen molar-refractivity contribution in [3.63, 3.8) is 0 Å². The Hall–Kier alpha value is -3.82. The van der Waals surface area contributed by atoms with E-state index in [1.54, 1.807) is 0 Å². The Morgan fingerprint density at radius 3 is 2.45 bits per heavy atom. The van der Waals surface area contributed by atoms with Crippen molar-refractivity contribution in [3.8, 4) is 0 Å². The summed E-state index contributed by atoms with van der Waals surface area (Å²) in [7, 11) is 1.35. The van der Waals surface area contributed by atoms with Gasteiger partial charge in [0.05, 0.1) is 17.0 Å². The number of esters is 1. The van der Waals surface area contributed by atoms with E-state index in [9.17, 15) is 28.9 Å². The highest BCUT2D eigenvalue weighted by Gasteiger charge is 2.21. The second-order valence-electron chi connectivity index (χ2n) is 6.09. The van der Waals surface area contributed by atoms with Gasteiger partial charge in [-0.1, -0.05) is 6.07 Å². The summed E-state index contributed by atoms with van der Waals surface area (Å²) in [5.74, 6) is -2.50. The van der Waals surface area contributed by atoms with Gasteiger partial charge in [0.25, 0.3) is 11.6 Å². The lowest BCUT2D eigenvalue weighted by Crippen LogP contribution is -2.37. The molecule has 0 fully saturated rings. The molecule has 1 N–H and O–H groups in total. The van der Waals surface area contributed by atoms with Crippen LogP contribution in [0.5, 0.6) is 0 Å². The molecule has 0 aromatic heterocycles. The number of likely N-dealkylation sites (N-methyl/N-ethyl adjacent to an activating group) is 1. The van der Waals surface area contributed by atoms with Crippen molar-refractivity contribution in [2.45, 2.75) is 6.92 Å². The van der Waals surface area contributed by atoms with Crippen molar-refractivity contribution in [1.82, 2.24) is 4.90 Å². The van der Waals surface area contributed by atoms with Crippen molar-refractivity contribution in [3.05, 3.63) is 69.5 Å². The second kappa shape index (κ2) is 9.40. The summed E-state index contributed by atoms with van der Waals surface area (Å²) in [5.41, 5.74) is 0.232. The highest BCUT2D eigenvalue weighted by molar-refractivity contribution is 5.96. The second-order valence-corrected chi connectivity index (χ2v) is 6.09. The molecule has 0 aliphatic heterocycles. The number of carbonyl (C=O) groups is 3. The van der Waals surface area contributed by atoms with E-state index in [0.29, 0.717) is 5.69 Å². The first-order chi connectivity index (χ1) is 13.7. The molecule has 9 nitrogen and oxygen atoms in total. The number of halogens is 1. The lowest BCUT2D eigenvalue weighted by Gasteiger charge is -2.17. The fourth-order valence-electron chi connectivity index (χ4n) is 2.39. The minimum Gasteiger partial charge on any atom is -0.452 e. The zero-order valence-corrected chi connectivity index (χ0v) is 15.7. The molecule has 0 aliphatic rings. The highest BCUT2D eigenvalue weighted by Crippen LogP contribution is 2.21. The molecular formula is C19H18FN3O6. The van der Waals surface area contributed by atoms with E-state index >= 15 is 0 Å². The molecule has 152 valence electrons. The maximum absolute atomic E-state index is 12.9. The Labute approximate surface area is 165 Å². The number of rotatable bonds is 7. The van der Waals surface area contributed by atoms with Gasteiger partial charge in [0.15, 0.2) is 6.61 Å². The van der Waals surface area contributed by atoms with Crippen molar-refractivity contribution < 1.29 is 28.4 Å². The molecule has 0 atom stereocenters. The number of anilines is 1. The molecule has 0 spiro atoms. The molecule has 0 saturated heterocycles. The Morgan fingerprint density at radius 1 is 1.17 bits per heavy atom. The third-order valence-corrected chi connectivity index (χ3v) is 3.98. The minimum absolute atomic E-state index is 0.0243. The number of hydrogen-bond donors (Lipinski definition) is 1. The van der Waals surface area contributed by atoms with Crippen LogP contribution in [0.15, 0.2) is 42.5 Å². The fourth-order valence-corrected chi connectivity index (χ4v) is 2.39. The maximum atomic E-state index is 12.9. The Balaban J connectivity index is 1.89. The third kappa shape index (κ3) is 5.83. The predicted molar refractivity (Wildman–Crippen MR) is 101 cm³/mol. The van der Waals surface area contributed by atoms with Gasteiger partial charge in [-0.3, -0.25) is 19.7 Å². The van der Waals surface area contributed by atoms with E-state index in [4.69, 9.17) is 4.74 Å². The first kappa shape index (κ1) is 21.5. The van der Waals surface area contributed by atoms with Crippen molar-refractivity contribution in [1.29, 1.82) is 0 Å². The zero-order valence-electron chi connectivity index (χ0n) is 15.7. The summed E-state index contributed by atoms with van der Waals surface area (Å²) in [4.78, 5) is 47.5. The highest BCUT2D eigenvalue weighted by atomic mass is 19.1. The maximum Gasteiger partial charge on any atom is 0.339 e. The van der Waals surface area contributed by atoms with Crippen LogP contribution in [0.4, 0.5) is 15.8 Å². The molecular weight excluding hydrogens is 385 g/mol. The number of carbonyl (C=O) groups excluding carboxylic acids is 3. The number of ether oxygens (including phenoxy) is 1. The molecule has 2 aromatic carbocycles. The molecule has 0 aliphatic carbocycles. The van der Waals surface area contributed by atoms with Crippen molar-refractivity contribution in [2.75, 3.05) is 25.5 Å². The topological polar surface area (TPSA) is 119 Å². The van der Waals surface area contributed by atoms with Gasteiger partial charge in [0, 0.05) is 24.4 Å². The summed E-state index contributed by atoms with van der Waals surface area (Å²) in [6.45, 7) is 0.452. The average molecular weight is 403 g/mol. The normalized spacial score (nSPS) is 10.2. The summed E-state index contributed by atoms with van der Waals surface area (Å²) in [6, 6.07) is 9.06. The van der Waals surface area contributed by atoms with E-state index in [-0.39, 0.29) is 23.4 Å². The smallest absolute Gasteiger partial charge is 0.339 e. The number of nitrogens with zero attached hydrogens (tertiary/aromatic N) is 2. The third-order valence-electron chi connectivity index (χ3n) is 3.98. The zero-order chi connectivity index (χ0) is 21.6. The van der Waals surface area contributed by atoms with Gasteiger partial charge < -0.3 is 15.0 Å². The number of hydrogen-bond acceptors (Lipinski definition) is 6. The van der Waals surface area contributed by atoms with Gasteiger partial charge >= 0.3 is 5.97 Å². The number of nitro benzene ring substituents is 1. The summed E-state index contributed by atoms with van der Waals surface area (Å²) in [6.07, 6.45) is 0. The predicted octanol–water partition coefficient (Wildman–Crippen LogP) is 2.30. The van der Waals surface area contributed by atoms with E-state index in [1.807, 2.05) is 0 Å². The molecule has 0 radical (unpaired) electrons. The fraction of sp³-hybridized carbons (Fsp3) is 0.211. The van der Waals surface area contributed by atoms with Crippen LogP contribution in [0, 0.1) is 22.9 Å². The molecule has 0 unspecified atom stereocenters. The molecule has 2 aromatic rings. The SMILES string of the molecule is Cc1c(C(=O)OCC(=O)N(C)CC(=O)Nc2ccc(F)cc2)cccc1[N+](=O)[O-]. The monoisotopic (exact) mass is 403 g/mol. The standard InChI is InChI=1S/C19H18FN3O6/c1-12-15(4-3-5-16(12)23(27)28)19(26)29-11-18(25)22(2)10-17(24)21-14-8-6-13(20)7-9-14/h3-9H,10-11H2,1-2H3,(H,21,24). The Kier molecular flexibility index (Phi) is 6.96. The summed E-state index contributed by atoms with van der Waals surface area (Å²) >= 11 is 0. The molecule has 0 heterocycles. The van der Waals surface area contributed by atoms with Crippen LogP contribution in [0.3, 0.4) is 0 Å².